The highest BCUT2D eigenvalue weighted by Crippen LogP contribution is 2.41. The molecule has 0 aliphatic carbocycles. The third-order valence-electron chi connectivity index (χ3n) is 3.96. The number of rotatable bonds is 3. The molecule has 1 heterocycles. The molecule has 1 saturated heterocycles. The molecule has 0 unspecified atom stereocenters. The second-order valence-corrected chi connectivity index (χ2v) is 5.72. The van der Waals surface area contributed by atoms with Crippen molar-refractivity contribution in [1.82, 2.24) is 0 Å². The Labute approximate surface area is 124 Å². The fraction of sp³-hybridized carbons (Fsp3) is 0.500. The number of esters is 1. The van der Waals surface area contributed by atoms with Crippen LogP contribution in [0.4, 0.5) is 0 Å². The van der Waals surface area contributed by atoms with Gasteiger partial charge in [-0.05, 0) is 31.5 Å². The highest BCUT2D eigenvalue weighted by molar-refractivity contribution is 6.06. The number of benzene rings is 1. The zero-order valence-electron chi connectivity index (χ0n) is 12.9. The van der Waals surface area contributed by atoms with Crippen LogP contribution in [0.2, 0.25) is 0 Å². The lowest BCUT2D eigenvalue weighted by atomic mass is 9.76. The molecule has 5 nitrogen and oxygen atoms in total. The van der Waals surface area contributed by atoms with Crippen molar-refractivity contribution in [3.05, 3.63) is 23.8 Å². The van der Waals surface area contributed by atoms with Gasteiger partial charge in [0.1, 0.15) is 11.5 Å². The summed E-state index contributed by atoms with van der Waals surface area (Å²) >= 11 is 0. The van der Waals surface area contributed by atoms with Gasteiger partial charge in [-0.25, -0.2) is 0 Å². The standard InChI is InChI=1S/C16H20O5/c1-9-13(21-15(18)16(2,3)14(9)17)10-6-7-11(19-4)12(8-10)20-5/h6-9,13H,1-5H3/t9-,13-/m0/s1. The van der Waals surface area contributed by atoms with Gasteiger partial charge < -0.3 is 14.2 Å². The molecule has 0 spiro atoms. The Hall–Kier alpha value is -2.04. The Balaban J connectivity index is 2.38. The maximum absolute atomic E-state index is 12.4. The van der Waals surface area contributed by atoms with Crippen molar-refractivity contribution in [2.75, 3.05) is 14.2 Å². The van der Waals surface area contributed by atoms with E-state index in [2.05, 4.69) is 0 Å². The van der Waals surface area contributed by atoms with Crippen molar-refractivity contribution in [3.63, 3.8) is 0 Å². The number of cyclic esters (lactones) is 1. The predicted molar refractivity (Wildman–Crippen MR) is 76.3 cm³/mol. The maximum Gasteiger partial charge on any atom is 0.319 e. The van der Waals surface area contributed by atoms with Gasteiger partial charge in [0, 0.05) is 0 Å². The van der Waals surface area contributed by atoms with Crippen molar-refractivity contribution >= 4 is 11.8 Å². The van der Waals surface area contributed by atoms with E-state index in [1.165, 1.54) is 7.11 Å². The number of carbonyl (C=O) groups excluding carboxylic acids is 2. The predicted octanol–water partition coefficient (Wildman–Crippen LogP) is 2.53. The van der Waals surface area contributed by atoms with E-state index in [0.29, 0.717) is 11.5 Å². The summed E-state index contributed by atoms with van der Waals surface area (Å²) in [7, 11) is 3.08. The molecule has 0 N–H and O–H groups in total. The highest BCUT2D eigenvalue weighted by Gasteiger charge is 2.49. The van der Waals surface area contributed by atoms with Crippen molar-refractivity contribution in [2.45, 2.75) is 26.9 Å². The van der Waals surface area contributed by atoms with E-state index in [1.807, 2.05) is 0 Å². The Kier molecular flexibility index (Phi) is 3.94. The van der Waals surface area contributed by atoms with E-state index in [9.17, 15) is 9.59 Å². The van der Waals surface area contributed by atoms with Crippen molar-refractivity contribution in [2.24, 2.45) is 11.3 Å². The average molecular weight is 292 g/mol. The normalized spacial score (nSPS) is 24.4. The number of methoxy groups -OCH3 is 2. The smallest absolute Gasteiger partial charge is 0.319 e. The zero-order chi connectivity index (χ0) is 15.8. The zero-order valence-corrected chi connectivity index (χ0v) is 12.9. The molecule has 0 radical (unpaired) electrons. The Bertz CT molecular complexity index is 576. The summed E-state index contributed by atoms with van der Waals surface area (Å²) in [5, 5.41) is 0. The Morgan fingerprint density at radius 1 is 1.10 bits per heavy atom. The first-order valence-corrected chi connectivity index (χ1v) is 6.80. The molecule has 0 aromatic heterocycles. The van der Waals surface area contributed by atoms with E-state index in [4.69, 9.17) is 14.2 Å². The van der Waals surface area contributed by atoms with E-state index in [1.54, 1.807) is 46.1 Å². The largest absolute Gasteiger partial charge is 0.493 e. The summed E-state index contributed by atoms with van der Waals surface area (Å²) < 4.78 is 15.9. The molecular weight excluding hydrogens is 272 g/mol. The van der Waals surface area contributed by atoms with Gasteiger partial charge in [-0.3, -0.25) is 9.59 Å². The molecular formula is C16H20O5. The molecule has 2 atom stereocenters. The molecule has 1 aromatic rings. The maximum atomic E-state index is 12.4. The SMILES string of the molecule is COc1ccc([C@H]2OC(=O)C(C)(C)C(=O)[C@H]2C)cc1OC. The average Bonchev–Trinajstić information content (AvgIpc) is 2.48. The van der Waals surface area contributed by atoms with Crippen LogP contribution in [0.5, 0.6) is 11.5 Å². The van der Waals surface area contributed by atoms with Crippen LogP contribution in [0.25, 0.3) is 0 Å². The molecule has 1 aliphatic heterocycles. The van der Waals surface area contributed by atoms with Crippen LogP contribution < -0.4 is 9.47 Å². The van der Waals surface area contributed by atoms with Crippen LogP contribution in [-0.4, -0.2) is 26.0 Å². The number of ether oxygens (including phenoxy) is 3. The van der Waals surface area contributed by atoms with E-state index < -0.39 is 23.4 Å². The van der Waals surface area contributed by atoms with Crippen molar-refractivity contribution < 1.29 is 23.8 Å². The molecule has 0 bridgehead atoms. The quantitative estimate of drug-likeness (QED) is 0.633. The van der Waals surface area contributed by atoms with E-state index in [-0.39, 0.29) is 5.78 Å². The second-order valence-electron chi connectivity index (χ2n) is 5.72. The van der Waals surface area contributed by atoms with Gasteiger partial charge in [0.2, 0.25) is 0 Å². The van der Waals surface area contributed by atoms with Gasteiger partial charge in [-0.2, -0.15) is 0 Å². The third kappa shape index (κ3) is 2.48. The fourth-order valence-corrected chi connectivity index (χ4v) is 2.56. The van der Waals surface area contributed by atoms with Crippen LogP contribution in [0, 0.1) is 11.3 Å². The molecule has 21 heavy (non-hydrogen) atoms. The van der Waals surface area contributed by atoms with Crippen LogP contribution in [-0.2, 0) is 14.3 Å². The van der Waals surface area contributed by atoms with Crippen molar-refractivity contribution in [1.29, 1.82) is 0 Å². The first-order chi connectivity index (χ1) is 9.82. The van der Waals surface area contributed by atoms with Crippen LogP contribution in [0.3, 0.4) is 0 Å². The minimum atomic E-state index is -1.09. The van der Waals surface area contributed by atoms with E-state index >= 15 is 0 Å². The first-order valence-electron chi connectivity index (χ1n) is 6.80. The molecule has 2 rings (SSSR count). The number of hydrogen-bond acceptors (Lipinski definition) is 5. The van der Waals surface area contributed by atoms with Gasteiger partial charge in [0.25, 0.3) is 0 Å². The van der Waals surface area contributed by atoms with Crippen LogP contribution in [0.15, 0.2) is 18.2 Å². The molecule has 5 heteroatoms. The number of ketones is 1. The monoisotopic (exact) mass is 292 g/mol. The van der Waals surface area contributed by atoms with Gasteiger partial charge in [-0.1, -0.05) is 13.0 Å². The molecule has 0 amide bonds. The fourth-order valence-electron chi connectivity index (χ4n) is 2.56. The number of Topliss-reactive ketones (excluding diaryl/α,β-unsaturated/α-hetero) is 1. The molecule has 1 aromatic carbocycles. The summed E-state index contributed by atoms with van der Waals surface area (Å²) in [5.41, 5.74) is -0.371. The number of hydrogen-bond donors (Lipinski definition) is 0. The first kappa shape index (κ1) is 15.4. The summed E-state index contributed by atoms with van der Waals surface area (Å²) in [6, 6.07) is 5.25. The lowest BCUT2D eigenvalue weighted by molar-refractivity contribution is -0.178. The summed E-state index contributed by atoms with van der Waals surface area (Å²) in [6.07, 6.45) is -0.599. The lowest BCUT2D eigenvalue weighted by Crippen LogP contribution is -2.46. The third-order valence-corrected chi connectivity index (χ3v) is 3.96. The summed E-state index contributed by atoms with van der Waals surface area (Å²) in [6.45, 7) is 4.97. The topological polar surface area (TPSA) is 61.8 Å². The second kappa shape index (κ2) is 5.39. The van der Waals surface area contributed by atoms with Crippen molar-refractivity contribution in [3.8, 4) is 11.5 Å². The molecule has 1 fully saturated rings. The highest BCUT2D eigenvalue weighted by atomic mass is 16.5. The molecule has 1 aliphatic rings. The van der Waals surface area contributed by atoms with Gasteiger partial charge in [0.05, 0.1) is 20.1 Å². The minimum absolute atomic E-state index is 0.112. The minimum Gasteiger partial charge on any atom is -0.493 e. The van der Waals surface area contributed by atoms with Crippen LogP contribution >= 0.6 is 0 Å². The molecule has 114 valence electrons. The van der Waals surface area contributed by atoms with Crippen LogP contribution in [0.1, 0.15) is 32.4 Å². The van der Waals surface area contributed by atoms with Gasteiger partial charge in [-0.15, -0.1) is 0 Å². The summed E-state index contributed by atoms with van der Waals surface area (Å²) in [5.74, 6) is 0.109. The number of carbonyl (C=O) groups is 2. The molecule has 0 saturated carbocycles. The lowest BCUT2D eigenvalue weighted by Gasteiger charge is -2.36. The Morgan fingerprint density at radius 3 is 2.29 bits per heavy atom. The summed E-state index contributed by atoms with van der Waals surface area (Å²) in [4.78, 5) is 24.4. The van der Waals surface area contributed by atoms with Gasteiger partial charge >= 0.3 is 5.97 Å². The van der Waals surface area contributed by atoms with E-state index in [0.717, 1.165) is 5.56 Å². The Morgan fingerprint density at radius 2 is 1.71 bits per heavy atom. The van der Waals surface area contributed by atoms with Gasteiger partial charge in [0.15, 0.2) is 17.3 Å².